The van der Waals surface area contributed by atoms with Crippen LogP contribution in [0.15, 0.2) is 12.7 Å². The Kier molecular flexibility index (Phi) is 1.28. The first-order chi connectivity index (χ1) is 2.27. The van der Waals surface area contributed by atoms with Crippen molar-refractivity contribution in [2.24, 2.45) is 5.73 Å². The van der Waals surface area contributed by atoms with Gasteiger partial charge >= 0.3 is 0 Å². The molecule has 2 nitrogen and oxygen atoms in total. The fraction of sp³-hybridized carbons (Fsp3) is 0. The molecule has 2 heteroatoms. The number of rotatable bonds is 1. The van der Waals surface area contributed by atoms with Gasteiger partial charge < -0.3 is 5.73 Å². The van der Waals surface area contributed by atoms with Crippen LogP contribution in [0.3, 0.4) is 0 Å². The summed E-state index contributed by atoms with van der Waals surface area (Å²) in [5, 5.41) is 6.40. The lowest BCUT2D eigenvalue weighted by Gasteiger charge is -1.71. The van der Waals surface area contributed by atoms with Crippen molar-refractivity contribution in [3.8, 4) is 0 Å². The molecule has 5 heavy (non-hydrogen) atoms. The van der Waals surface area contributed by atoms with E-state index < -0.39 is 0 Å². The van der Waals surface area contributed by atoms with Gasteiger partial charge in [0, 0.05) is 0 Å². The standard InChI is InChI=1S/C3H6N2/c1-2-3(4)5/h2H,1H2,(H3,4,5). The SMILES string of the molecule is C=CC(=N)N. The van der Waals surface area contributed by atoms with Crippen LogP contribution in [0, 0.1) is 5.41 Å². The lowest BCUT2D eigenvalue weighted by atomic mass is 10.6. The highest BCUT2D eigenvalue weighted by atomic mass is 14.7. The predicted octanol–water partition coefficient (Wildman–Crippen LogP) is 0.108. The van der Waals surface area contributed by atoms with Crippen molar-refractivity contribution < 1.29 is 0 Å². The molecule has 0 saturated carbocycles. The Bertz CT molecular complexity index is 55.9. The first kappa shape index (κ1) is 4.21. The highest BCUT2D eigenvalue weighted by Crippen LogP contribution is 1.50. The summed E-state index contributed by atoms with van der Waals surface area (Å²) in [5.41, 5.74) is 4.76. The maximum Gasteiger partial charge on any atom is 0.114 e. The van der Waals surface area contributed by atoms with Crippen LogP contribution in [0.1, 0.15) is 0 Å². The average Bonchev–Trinajstić information content (AvgIpc) is 1.38. The molecular formula is C3H6N2. The van der Waals surface area contributed by atoms with Crippen LogP contribution in [0.4, 0.5) is 0 Å². The molecule has 0 spiro atoms. The molecule has 0 saturated heterocycles. The van der Waals surface area contributed by atoms with Crippen molar-refractivity contribution in [1.29, 1.82) is 5.41 Å². The molecule has 0 aromatic rings. The van der Waals surface area contributed by atoms with Gasteiger partial charge in [-0.05, 0) is 6.08 Å². The third kappa shape index (κ3) is 3.21. The van der Waals surface area contributed by atoms with E-state index in [0.29, 0.717) is 0 Å². The molecule has 0 heterocycles. The molecule has 0 aliphatic rings. The van der Waals surface area contributed by atoms with Gasteiger partial charge in [-0.25, -0.2) is 0 Å². The predicted molar refractivity (Wildman–Crippen MR) is 22.1 cm³/mol. The van der Waals surface area contributed by atoms with E-state index in [-0.39, 0.29) is 5.84 Å². The largest absolute Gasteiger partial charge is 0.384 e. The topological polar surface area (TPSA) is 49.9 Å². The fourth-order valence-electron chi connectivity index (χ4n) is 0. The second-order valence-electron chi connectivity index (χ2n) is 0.659. The van der Waals surface area contributed by atoms with Crippen LogP contribution in [0.25, 0.3) is 0 Å². The third-order valence-electron chi connectivity index (χ3n) is 0.220. The van der Waals surface area contributed by atoms with Gasteiger partial charge in [0.1, 0.15) is 5.84 Å². The quantitative estimate of drug-likeness (QED) is 0.334. The highest BCUT2D eigenvalue weighted by Gasteiger charge is 1.62. The molecule has 0 atom stereocenters. The normalized spacial score (nSPS) is 6.40. The summed E-state index contributed by atoms with van der Waals surface area (Å²) in [6.45, 7) is 3.21. The molecule has 0 aromatic heterocycles. The summed E-state index contributed by atoms with van der Waals surface area (Å²) in [5.74, 6) is 0.0185. The van der Waals surface area contributed by atoms with Crippen LogP contribution in [0.5, 0.6) is 0 Å². The smallest absolute Gasteiger partial charge is 0.114 e. The number of nitrogens with one attached hydrogen (secondary N) is 1. The van der Waals surface area contributed by atoms with E-state index in [0.717, 1.165) is 0 Å². The van der Waals surface area contributed by atoms with Crippen molar-refractivity contribution in [2.75, 3.05) is 0 Å². The Hall–Kier alpha value is -0.790. The monoisotopic (exact) mass is 70.1 g/mol. The first-order valence-electron chi connectivity index (χ1n) is 1.24. The Balaban J connectivity index is 3.20. The lowest BCUT2D eigenvalue weighted by Crippen LogP contribution is -2.02. The number of hydrogen-bond donors (Lipinski definition) is 2. The maximum atomic E-state index is 6.40. The molecule has 0 aromatic carbocycles. The first-order valence-corrected chi connectivity index (χ1v) is 1.24. The van der Waals surface area contributed by atoms with Gasteiger partial charge in [-0.3, -0.25) is 5.41 Å². The number of hydrogen-bond acceptors (Lipinski definition) is 1. The molecule has 0 unspecified atom stereocenters. The van der Waals surface area contributed by atoms with E-state index in [1.165, 1.54) is 6.08 Å². The molecule has 0 bridgehead atoms. The summed E-state index contributed by atoms with van der Waals surface area (Å²) >= 11 is 0. The second-order valence-corrected chi connectivity index (χ2v) is 0.659. The molecule has 3 N–H and O–H groups in total. The zero-order valence-electron chi connectivity index (χ0n) is 2.86. The molecule has 28 valence electrons. The van der Waals surface area contributed by atoms with Crippen molar-refractivity contribution in [1.82, 2.24) is 0 Å². The molecular weight excluding hydrogens is 64.0 g/mol. The zero-order valence-corrected chi connectivity index (χ0v) is 2.86. The van der Waals surface area contributed by atoms with Crippen molar-refractivity contribution in [2.45, 2.75) is 0 Å². The van der Waals surface area contributed by atoms with E-state index in [4.69, 9.17) is 11.1 Å². The van der Waals surface area contributed by atoms with Crippen molar-refractivity contribution in [3.05, 3.63) is 12.7 Å². The third-order valence-corrected chi connectivity index (χ3v) is 0.220. The number of nitrogens with two attached hydrogens (primary N) is 1. The van der Waals surface area contributed by atoms with E-state index in [2.05, 4.69) is 6.58 Å². The minimum atomic E-state index is 0.0185. The van der Waals surface area contributed by atoms with Crippen LogP contribution in [-0.4, -0.2) is 5.84 Å². The summed E-state index contributed by atoms with van der Waals surface area (Å²) in [6, 6.07) is 0. The van der Waals surface area contributed by atoms with E-state index in [1.807, 2.05) is 0 Å². The van der Waals surface area contributed by atoms with Gasteiger partial charge in [0.25, 0.3) is 0 Å². The lowest BCUT2D eigenvalue weighted by molar-refractivity contribution is 1.47. The molecule has 0 aliphatic carbocycles. The minimum absolute atomic E-state index is 0.0185. The van der Waals surface area contributed by atoms with Crippen LogP contribution in [0.2, 0.25) is 0 Å². The molecule has 0 amide bonds. The molecule has 0 aliphatic heterocycles. The van der Waals surface area contributed by atoms with Crippen molar-refractivity contribution in [3.63, 3.8) is 0 Å². The summed E-state index contributed by atoms with van der Waals surface area (Å²) < 4.78 is 0. The summed E-state index contributed by atoms with van der Waals surface area (Å²) in [6.07, 6.45) is 1.28. The van der Waals surface area contributed by atoms with E-state index in [9.17, 15) is 0 Å². The average molecular weight is 70.1 g/mol. The van der Waals surface area contributed by atoms with Crippen LogP contribution < -0.4 is 5.73 Å². The van der Waals surface area contributed by atoms with Gasteiger partial charge in [0.15, 0.2) is 0 Å². The van der Waals surface area contributed by atoms with Crippen molar-refractivity contribution >= 4 is 5.84 Å². The van der Waals surface area contributed by atoms with E-state index >= 15 is 0 Å². The fourth-order valence-corrected chi connectivity index (χ4v) is 0. The van der Waals surface area contributed by atoms with Crippen LogP contribution >= 0.6 is 0 Å². The Labute approximate surface area is 30.8 Å². The summed E-state index contributed by atoms with van der Waals surface area (Å²) in [4.78, 5) is 0. The summed E-state index contributed by atoms with van der Waals surface area (Å²) in [7, 11) is 0. The highest BCUT2D eigenvalue weighted by molar-refractivity contribution is 5.87. The van der Waals surface area contributed by atoms with Crippen LogP contribution in [-0.2, 0) is 0 Å². The van der Waals surface area contributed by atoms with Gasteiger partial charge in [-0.1, -0.05) is 6.58 Å². The molecule has 0 radical (unpaired) electrons. The zero-order chi connectivity index (χ0) is 4.28. The molecule has 0 rings (SSSR count). The Morgan fingerprint density at radius 2 is 2.20 bits per heavy atom. The second kappa shape index (κ2) is 1.52. The van der Waals surface area contributed by atoms with Gasteiger partial charge in [-0.2, -0.15) is 0 Å². The van der Waals surface area contributed by atoms with Gasteiger partial charge in [0.2, 0.25) is 0 Å². The number of amidine groups is 1. The Morgan fingerprint density at radius 1 is 2.00 bits per heavy atom. The minimum Gasteiger partial charge on any atom is -0.384 e. The maximum absolute atomic E-state index is 6.40. The Morgan fingerprint density at radius 3 is 2.20 bits per heavy atom. The van der Waals surface area contributed by atoms with Gasteiger partial charge in [-0.15, -0.1) is 0 Å². The van der Waals surface area contributed by atoms with Gasteiger partial charge in [0.05, 0.1) is 0 Å². The van der Waals surface area contributed by atoms with E-state index in [1.54, 1.807) is 0 Å². The molecule has 0 fully saturated rings.